The average Bonchev–Trinajstić information content (AvgIpc) is 3.09. The number of nitrogens with zero attached hydrogens (tertiary/aromatic N) is 2. The Morgan fingerprint density at radius 1 is 1.50 bits per heavy atom. The molecule has 2 aliphatic rings. The van der Waals surface area contributed by atoms with Crippen molar-refractivity contribution in [3.8, 4) is 5.75 Å². The number of nitrogens with one attached hydrogen (secondary N) is 1. The summed E-state index contributed by atoms with van der Waals surface area (Å²) in [4.78, 5) is 17.4. The van der Waals surface area contributed by atoms with Crippen LogP contribution in [0.15, 0.2) is 24.5 Å². The van der Waals surface area contributed by atoms with Gasteiger partial charge in [0.2, 0.25) is 0 Å². The first-order valence-corrected chi connectivity index (χ1v) is 7.96. The van der Waals surface area contributed by atoms with E-state index in [1.54, 1.807) is 17.3 Å². The number of rotatable bonds is 4. The van der Waals surface area contributed by atoms with Gasteiger partial charge in [-0.1, -0.05) is 12.8 Å². The first-order valence-electron chi connectivity index (χ1n) is 7.96. The summed E-state index contributed by atoms with van der Waals surface area (Å²) in [7, 11) is 0. The molecule has 6 nitrogen and oxygen atoms in total. The van der Waals surface area contributed by atoms with E-state index in [1.165, 1.54) is 12.8 Å². The fourth-order valence-electron chi connectivity index (χ4n) is 3.82. The molecule has 1 aliphatic heterocycles. The topological polar surface area (TPSA) is 74.7 Å². The number of aromatic nitrogens is 1. The highest BCUT2D eigenvalue weighted by molar-refractivity contribution is 5.66. The Labute approximate surface area is 130 Å². The number of pyridine rings is 1. The van der Waals surface area contributed by atoms with Crippen molar-refractivity contribution in [1.82, 2.24) is 15.2 Å². The van der Waals surface area contributed by atoms with Gasteiger partial charge in [0.05, 0.1) is 11.7 Å². The largest absolute Gasteiger partial charge is 0.489 e. The summed E-state index contributed by atoms with van der Waals surface area (Å²) in [6.45, 7) is 2.25. The molecule has 2 fully saturated rings. The second-order valence-corrected chi connectivity index (χ2v) is 6.17. The van der Waals surface area contributed by atoms with Crippen LogP contribution in [0.4, 0.5) is 4.79 Å². The van der Waals surface area contributed by atoms with E-state index in [9.17, 15) is 9.90 Å². The van der Waals surface area contributed by atoms with Crippen molar-refractivity contribution in [3.63, 3.8) is 0 Å². The van der Waals surface area contributed by atoms with Crippen molar-refractivity contribution < 1.29 is 14.6 Å². The van der Waals surface area contributed by atoms with Gasteiger partial charge in [0, 0.05) is 25.8 Å². The fourth-order valence-corrected chi connectivity index (χ4v) is 3.82. The molecular weight excluding hydrogens is 282 g/mol. The fraction of sp³-hybridized carbons (Fsp3) is 0.625. The van der Waals surface area contributed by atoms with Crippen LogP contribution in [0, 0.1) is 5.92 Å². The molecule has 1 unspecified atom stereocenters. The third-order valence-corrected chi connectivity index (χ3v) is 4.95. The van der Waals surface area contributed by atoms with E-state index in [2.05, 4.69) is 10.3 Å². The normalized spacial score (nSPS) is 26.1. The second kappa shape index (κ2) is 6.52. The summed E-state index contributed by atoms with van der Waals surface area (Å²) in [5, 5.41) is 13.0. The van der Waals surface area contributed by atoms with Crippen LogP contribution in [-0.2, 0) is 0 Å². The van der Waals surface area contributed by atoms with Gasteiger partial charge < -0.3 is 15.2 Å². The SMILES string of the molecule is O=C(O)N1CCNCC1(COc1cccnc1)C1CCCC1. The number of ether oxygens (including phenoxy) is 1. The number of carboxylic acid groups (broad SMARTS) is 1. The first kappa shape index (κ1) is 15.1. The predicted molar refractivity (Wildman–Crippen MR) is 82.0 cm³/mol. The summed E-state index contributed by atoms with van der Waals surface area (Å²) >= 11 is 0. The second-order valence-electron chi connectivity index (χ2n) is 6.17. The Kier molecular flexibility index (Phi) is 4.47. The predicted octanol–water partition coefficient (Wildman–Crippen LogP) is 1.97. The van der Waals surface area contributed by atoms with E-state index in [-0.39, 0.29) is 0 Å². The summed E-state index contributed by atoms with van der Waals surface area (Å²) in [6, 6.07) is 3.68. The number of hydrogen-bond acceptors (Lipinski definition) is 4. The zero-order chi connectivity index (χ0) is 15.4. The van der Waals surface area contributed by atoms with Crippen molar-refractivity contribution in [2.75, 3.05) is 26.2 Å². The minimum Gasteiger partial charge on any atom is -0.489 e. The third kappa shape index (κ3) is 2.88. The molecular formula is C16H23N3O3. The van der Waals surface area contributed by atoms with Crippen molar-refractivity contribution >= 4 is 6.09 Å². The minimum absolute atomic E-state index is 0.355. The quantitative estimate of drug-likeness (QED) is 0.889. The molecule has 0 aromatic carbocycles. The summed E-state index contributed by atoms with van der Waals surface area (Å²) in [5.41, 5.74) is -0.476. The van der Waals surface area contributed by atoms with Crippen LogP contribution in [-0.4, -0.2) is 52.9 Å². The lowest BCUT2D eigenvalue weighted by Gasteiger charge is -2.49. The van der Waals surface area contributed by atoms with Crippen molar-refractivity contribution in [2.24, 2.45) is 5.92 Å². The van der Waals surface area contributed by atoms with Crippen LogP contribution >= 0.6 is 0 Å². The lowest BCUT2D eigenvalue weighted by atomic mass is 9.80. The molecule has 2 heterocycles. The van der Waals surface area contributed by atoms with Gasteiger partial charge in [-0.05, 0) is 30.9 Å². The van der Waals surface area contributed by atoms with Gasteiger partial charge in [-0.2, -0.15) is 0 Å². The Bertz CT molecular complexity index is 505. The maximum Gasteiger partial charge on any atom is 0.407 e. The highest BCUT2D eigenvalue weighted by Gasteiger charge is 2.49. The standard InChI is InChI=1S/C16H23N3O3/c20-15(21)19-9-8-18-11-16(19,13-4-1-2-5-13)12-22-14-6-3-7-17-10-14/h3,6-7,10,13,18H,1-2,4-5,8-9,11-12H2,(H,20,21). The van der Waals surface area contributed by atoms with Gasteiger partial charge in [0.25, 0.3) is 0 Å². The molecule has 1 aromatic heterocycles. The maximum absolute atomic E-state index is 11.8. The number of piperazine rings is 1. The molecule has 0 bridgehead atoms. The molecule has 120 valence electrons. The molecule has 0 spiro atoms. The van der Waals surface area contributed by atoms with Gasteiger partial charge in [-0.3, -0.25) is 9.88 Å². The first-order chi connectivity index (χ1) is 10.7. The Hall–Kier alpha value is -1.82. The molecule has 1 amide bonds. The Morgan fingerprint density at radius 2 is 2.32 bits per heavy atom. The van der Waals surface area contributed by atoms with Crippen LogP contribution in [0.25, 0.3) is 0 Å². The molecule has 1 aliphatic carbocycles. The lowest BCUT2D eigenvalue weighted by Crippen LogP contribution is -2.68. The van der Waals surface area contributed by atoms with E-state index < -0.39 is 11.6 Å². The van der Waals surface area contributed by atoms with Crippen LogP contribution < -0.4 is 10.1 Å². The van der Waals surface area contributed by atoms with Gasteiger partial charge >= 0.3 is 6.09 Å². The molecule has 1 saturated heterocycles. The number of hydrogen-bond donors (Lipinski definition) is 2. The van der Waals surface area contributed by atoms with E-state index >= 15 is 0 Å². The monoisotopic (exact) mass is 305 g/mol. The van der Waals surface area contributed by atoms with Gasteiger partial charge in [0.1, 0.15) is 12.4 Å². The van der Waals surface area contributed by atoms with Gasteiger partial charge in [-0.25, -0.2) is 4.79 Å². The van der Waals surface area contributed by atoms with Gasteiger partial charge in [0.15, 0.2) is 0 Å². The van der Waals surface area contributed by atoms with Crippen LogP contribution in [0.5, 0.6) is 5.75 Å². The Balaban J connectivity index is 1.83. The highest BCUT2D eigenvalue weighted by Crippen LogP contribution is 2.39. The Morgan fingerprint density at radius 3 is 3.00 bits per heavy atom. The minimum atomic E-state index is -0.844. The van der Waals surface area contributed by atoms with E-state index in [4.69, 9.17) is 4.74 Å². The highest BCUT2D eigenvalue weighted by atomic mass is 16.5. The van der Waals surface area contributed by atoms with Crippen molar-refractivity contribution in [2.45, 2.75) is 31.2 Å². The molecule has 1 saturated carbocycles. The molecule has 6 heteroatoms. The van der Waals surface area contributed by atoms with Crippen LogP contribution in [0.2, 0.25) is 0 Å². The molecule has 2 N–H and O–H groups in total. The molecule has 3 rings (SSSR count). The molecule has 1 atom stereocenters. The number of carbonyl (C=O) groups is 1. The molecule has 1 aromatic rings. The van der Waals surface area contributed by atoms with Gasteiger partial charge in [-0.15, -0.1) is 0 Å². The third-order valence-electron chi connectivity index (χ3n) is 4.95. The van der Waals surface area contributed by atoms with E-state index in [0.29, 0.717) is 37.9 Å². The zero-order valence-corrected chi connectivity index (χ0v) is 12.7. The van der Waals surface area contributed by atoms with Crippen molar-refractivity contribution in [3.05, 3.63) is 24.5 Å². The van der Waals surface area contributed by atoms with E-state index in [0.717, 1.165) is 12.8 Å². The lowest BCUT2D eigenvalue weighted by molar-refractivity contribution is -0.0122. The van der Waals surface area contributed by atoms with E-state index in [1.807, 2.05) is 12.1 Å². The molecule has 22 heavy (non-hydrogen) atoms. The van der Waals surface area contributed by atoms with Crippen LogP contribution in [0.3, 0.4) is 0 Å². The van der Waals surface area contributed by atoms with Crippen molar-refractivity contribution in [1.29, 1.82) is 0 Å². The maximum atomic E-state index is 11.8. The average molecular weight is 305 g/mol. The summed E-state index contributed by atoms with van der Waals surface area (Å²) in [6.07, 6.45) is 7.02. The summed E-state index contributed by atoms with van der Waals surface area (Å²) < 4.78 is 5.93. The smallest absolute Gasteiger partial charge is 0.407 e. The zero-order valence-electron chi connectivity index (χ0n) is 12.7. The molecule has 0 radical (unpaired) electrons. The number of amides is 1. The van der Waals surface area contributed by atoms with Crippen LogP contribution in [0.1, 0.15) is 25.7 Å². The summed E-state index contributed by atoms with van der Waals surface area (Å²) in [5.74, 6) is 1.05.